The lowest BCUT2D eigenvalue weighted by Crippen LogP contribution is -2.37. The first-order chi connectivity index (χ1) is 9.06. The highest BCUT2D eigenvalue weighted by Gasteiger charge is 2.16. The van der Waals surface area contributed by atoms with Gasteiger partial charge in [-0.1, -0.05) is 6.42 Å². The fourth-order valence-corrected chi connectivity index (χ4v) is 3.02. The van der Waals surface area contributed by atoms with E-state index in [1.807, 2.05) is 13.0 Å². The maximum absolute atomic E-state index is 13.4. The molecule has 0 aliphatic carbocycles. The van der Waals surface area contributed by atoms with Crippen LogP contribution in [0.3, 0.4) is 0 Å². The molecule has 2 atom stereocenters. The van der Waals surface area contributed by atoms with Crippen LogP contribution in [0.5, 0.6) is 0 Å². The van der Waals surface area contributed by atoms with Gasteiger partial charge < -0.3 is 10.6 Å². The monoisotopic (exact) mass is 328 g/mol. The van der Waals surface area contributed by atoms with Crippen LogP contribution in [0, 0.1) is 12.7 Å². The van der Waals surface area contributed by atoms with Crippen molar-refractivity contribution in [1.29, 1.82) is 0 Å². The maximum Gasteiger partial charge on any atom is 0.137 e. The number of anilines is 1. The first kappa shape index (κ1) is 14.8. The van der Waals surface area contributed by atoms with E-state index in [0.29, 0.717) is 16.6 Å². The molecular formula is C15H22BrFN2. The molecule has 0 spiro atoms. The first-order valence-corrected chi connectivity index (χ1v) is 7.81. The standard InChI is InChI=1S/C15H22BrFN2/c1-10-7-14(17)13(16)9-15(10)19-11(2)8-12-5-3-4-6-18-12/h7,9,11-12,18-19H,3-6,8H2,1-2H3. The second-order valence-electron chi connectivity index (χ2n) is 5.51. The van der Waals surface area contributed by atoms with Crippen molar-refractivity contribution in [1.82, 2.24) is 5.32 Å². The summed E-state index contributed by atoms with van der Waals surface area (Å²) in [6.45, 7) is 5.26. The number of benzene rings is 1. The molecule has 1 saturated heterocycles. The van der Waals surface area contributed by atoms with Gasteiger partial charge in [-0.05, 0) is 73.3 Å². The molecule has 2 nitrogen and oxygen atoms in total. The zero-order valence-electron chi connectivity index (χ0n) is 11.6. The van der Waals surface area contributed by atoms with Crippen molar-refractivity contribution in [3.05, 3.63) is 28.0 Å². The topological polar surface area (TPSA) is 24.1 Å². The van der Waals surface area contributed by atoms with Gasteiger partial charge in [0.05, 0.1) is 4.47 Å². The molecule has 1 fully saturated rings. The highest BCUT2D eigenvalue weighted by Crippen LogP contribution is 2.25. The highest BCUT2D eigenvalue weighted by atomic mass is 79.9. The molecule has 1 heterocycles. The second kappa shape index (κ2) is 6.71. The van der Waals surface area contributed by atoms with Gasteiger partial charge in [-0.2, -0.15) is 0 Å². The third-order valence-corrected chi connectivity index (χ3v) is 4.33. The molecule has 106 valence electrons. The van der Waals surface area contributed by atoms with E-state index in [4.69, 9.17) is 0 Å². The molecule has 1 aromatic rings. The second-order valence-corrected chi connectivity index (χ2v) is 6.36. The first-order valence-electron chi connectivity index (χ1n) is 7.02. The third-order valence-electron chi connectivity index (χ3n) is 3.72. The average Bonchev–Trinajstić information content (AvgIpc) is 2.37. The van der Waals surface area contributed by atoms with Crippen molar-refractivity contribution < 1.29 is 4.39 Å². The molecule has 4 heteroatoms. The maximum atomic E-state index is 13.4. The van der Waals surface area contributed by atoms with Crippen LogP contribution < -0.4 is 10.6 Å². The molecule has 0 aromatic heterocycles. The Morgan fingerprint density at radius 3 is 2.95 bits per heavy atom. The van der Waals surface area contributed by atoms with Crippen LogP contribution in [0.25, 0.3) is 0 Å². The molecule has 1 aliphatic heterocycles. The van der Waals surface area contributed by atoms with Crippen LogP contribution in [-0.2, 0) is 0 Å². The molecule has 2 N–H and O–H groups in total. The molecule has 2 unspecified atom stereocenters. The quantitative estimate of drug-likeness (QED) is 0.864. The van der Waals surface area contributed by atoms with Crippen molar-refractivity contribution >= 4 is 21.6 Å². The van der Waals surface area contributed by atoms with E-state index >= 15 is 0 Å². The number of halogens is 2. The van der Waals surface area contributed by atoms with Gasteiger partial charge >= 0.3 is 0 Å². The number of nitrogens with one attached hydrogen (secondary N) is 2. The Labute approximate surface area is 123 Å². The summed E-state index contributed by atoms with van der Waals surface area (Å²) in [5.41, 5.74) is 1.96. The predicted octanol–water partition coefficient (Wildman–Crippen LogP) is 4.23. The Morgan fingerprint density at radius 1 is 1.47 bits per heavy atom. The third kappa shape index (κ3) is 4.18. The van der Waals surface area contributed by atoms with Crippen LogP contribution in [0.15, 0.2) is 16.6 Å². The van der Waals surface area contributed by atoms with Crippen molar-refractivity contribution in [3.63, 3.8) is 0 Å². The van der Waals surface area contributed by atoms with E-state index in [1.165, 1.54) is 19.3 Å². The molecule has 0 amide bonds. The van der Waals surface area contributed by atoms with Crippen molar-refractivity contribution in [3.8, 4) is 0 Å². The summed E-state index contributed by atoms with van der Waals surface area (Å²) in [5.74, 6) is -0.204. The molecule has 0 bridgehead atoms. The van der Waals surface area contributed by atoms with Gasteiger partial charge in [0.2, 0.25) is 0 Å². The SMILES string of the molecule is Cc1cc(F)c(Br)cc1NC(C)CC1CCCCN1. The highest BCUT2D eigenvalue weighted by molar-refractivity contribution is 9.10. The number of hydrogen-bond acceptors (Lipinski definition) is 2. The normalized spacial score (nSPS) is 21.2. The Morgan fingerprint density at radius 2 is 2.26 bits per heavy atom. The molecule has 1 aliphatic rings. The number of piperidine rings is 1. The number of aryl methyl sites for hydroxylation is 1. The molecule has 0 radical (unpaired) electrons. The van der Waals surface area contributed by atoms with E-state index in [0.717, 1.165) is 24.2 Å². The molecule has 0 saturated carbocycles. The lowest BCUT2D eigenvalue weighted by atomic mass is 9.98. The van der Waals surface area contributed by atoms with Gasteiger partial charge in [0.1, 0.15) is 5.82 Å². The predicted molar refractivity (Wildman–Crippen MR) is 82.2 cm³/mol. The summed E-state index contributed by atoms with van der Waals surface area (Å²) in [4.78, 5) is 0. The van der Waals surface area contributed by atoms with E-state index < -0.39 is 0 Å². The molecular weight excluding hydrogens is 307 g/mol. The van der Waals surface area contributed by atoms with Crippen LogP contribution >= 0.6 is 15.9 Å². The lowest BCUT2D eigenvalue weighted by molar-refractivity contribution is 0.371. The lowest BCUT2D eigenvalue weighted by Gasteiger charge is -2.27. The van der Waals surface area contributed by atoms with Crippen LogP contribution in [0.4, 0.5) is 10.1 Å². The molecule has 1 aromatic carbocycles. The summed E-state index contributed by atoms with van der Waals surface area (Å²) in [7, 11) is 0. The minimum atomic E-state index is -0.204. The van der Waals surface area contributed by atoms with Crippen LogP contribution in [0.2, 0.25) is 0 Å². The minimum absolute atomic E-state index is 0.204. The van der Waals surface area contributed by atoms with E-state index in [2.05, 4.69) is 33.5 Å². The summed E-state index contributed by atoms with van der Waals surface area (Å²) in [5, 5.41) is 7.05. The fraction of sp³-hybridized carbons (Fsp3) is 0.600. The summed E-state index contributed by atoms with van der Waals surface area (Å²) < 4.78 is 13.9. The molecule has 19 heavy (non-hydrogen) atoms. The van der Waals surface area contributed by atoms with Gasteiger partial charge in [0.15, 0.2) is 0 Å². The Bertz CT molecular complexity index is 430. The number of rotatable bonds is 4. The van der Waals surface area contributed by atoms with E-state index in [9.17, 15) is 4.39 Å². The van der Waals surface area contributed by atoms with Gasteiger partial charge in [-0.3, -0.25) is 0 Å². The largest absolute Gasteiger partial charge is 0.382 e. The zero-order chi connectivity index (χ0) is 13.8. The van der Waals surface area contributed by atoms with Gasteiger partial charge in [0, 0.05) is 17.8 Å². The summed E-state index contributed by atoms with van der Waals surface area (Å²) in [6.07, 6.45) is 4.99. The Kier molecular flexibility index (Phi) is 5.22. The Balaban J connectivity index is 1.94. The average molecular weight is 329 g/mol. The van der Waals surface area contributed by atoms with Crippen molar-refractivity contribution in [2.75, 3.05) is 11.9 Å². The minimum Gasteiger partial charge on any atom is -0.382 e. The molecule has 2 rings (SSSR count). The van der Waals surface area contributed by atoms with E-state index in [-0.39, 0.29) is 5.82 Å². The van der Waals surface area contributed by atoms with E-state index in [1.54, 1.807) is 6.07 Å². The van der Waals surface area contributed by atoms with Crippen LogP contribution in [0.1, 0.15) is 38.2 Å². The fourth-order valence-electron chi connectivity index (χ4n) is 2.68. The summed E-state index contributed by atoms with van der Waals surface area (Å²) >= 11 is 3.24. The van der Waals surface area contributed by atoms with Gasteiger partial charge in [-0.25, -0.2) is 4.39 Å². The zero-order valence-corrected chi connectivity index (χ0v) is 13.2. The van der Waals surface area contributed by atoms with Crippen molar-refractivity contribution in [2.24, 2.45) is 0 Å². The number of hydrogen-bond donors (Lipinski definition) is 2. The van der Waals surface area contributed by atoms with Gasteiger partial charge in [0.25, 0.3) is 0 Å². The smallest absolute Gasteiger partial charge is 0.137 e. The Hall–Kier alpha value is -0.610. The summed E-state index contributed by atoms with van der Waals surface area (Å²) in [6, 6.07) is 4.39. The van der Waals surface area contributed by atoms with Crippen molar-refractivity contribution in [2.45, 2.75) is 51.6 Å². The van der Waals surface area contributed by atoms with Crippen LogP contribution in [-0.4, -0.2) is 18.6 Å². The van der Waals surface area contributed by atoms with Gasteiger partial charge in [-0.15, -0.1) is 0 Å².